The minimum absolute atomic E-state index is 0.108. The van der Waals surface area contributed by atoms with Gasteiger partial charge in [0.15, 0.2) is 5.82 Å². The Morgan fingerprint density at radius 1 is 1.35 bits per heavy atom. The molecule has 0 atom stereocenters. The molecule has 0 aromatic carbocycles. The molecule has 0 bridgehead atoms. The van der Waals surface area contributed by atoms with E-state index in [9.17, 15) is 0 Å². The van der Waals surface area contributed by atoms with Crippen molar-refractivity contribution in [2.24, 2.45) is 5.73 Å². The quantitative estimate of drug-likeness (QED) is 0.898. The average molecular weight is 251 g/mol. The Labute approximate surface area is 104 Å². The molecule has 2 N–H and O–H groups in total. The molecule has 3 rings (SSSR count). The van der Waals surface area contributed by atoms with Crippen molar-refractivity contribution in [3.63, 3.8) is 0 Å². The van der Waals surface area contributed by atoms with Gasteiger partial charge in [0.25, 0.3) is 0 Å². The van der Waals surface area contributed by atoms with Gasteiger partial charge in [0.1, 0.15) is 5.01 Å². The Balaban J connectivity index is 2.08. The van der Waals surface area contributed by atoms with Gasteiger partial charge >= 0.3 is 0 Å². The minimum atomic E-state index is 0.108. The Morgan fingerprint density at radius 2 is 2.12 bits per heavy atom. The maximum Gasteiger partial charge on any atom is 0.234 e. The van der Waals surface area contributed by atoms with Crippen molar-refractivity contribution < 1.29 is 0 Å². The van der Waals surface area contributed by atoms with E-state index in [1.807, 2.05) is 4.52 Å². The summed E-state index contributed by atoms with van der Waals surface area (Å²) in [6.07, 6.45) is 5.71. The molecule has 0 aliphatic heterocycles. The van der Waals surface area contributed by atoms with E-state index in [4.69, 9.17) is 10.8 Å². The maximum atomic E-state index is 5.98. The fourth-order valence-corrected chi connectivity index (χ4v) is 3.76. The number of rotatable bonds is 3. The number of aromatic nitrogens is 4. The second kappa shape index (κ2) is 4.03. The molecule has 0 unspecified atom stereocenters. The molecular weight excluding hydrogens is 234 g/mol. The van der Waals surface area contributed by atoms with Crippen LogP contribution in [-0.2, 0) is 11.8 Å². The van der Waals surface area contributed by atoms with Gasteiger partial charge in [-0.15, -0.1) is 10.2 Å². The fraction of sp³-hybridized carbons (Fsp3) is 0.727. The predicted octanol–water partition coefficient (Wildman–Crippen LogP) is 1.52. The second-order valence-electron chi connectivity index (χ2n) is 4.76. The first-order valence-electron chi connectivity index (χ1n) is 6.21. The summed E-state index contributed by atoms with van der Waals surface area (Å²) in [5.74, 6) is 0.938. The highest BCUT2D eigenvalue weighted by atomic mass is 32.1. The van der Waals surface area contributed by atoms with Crippen molar-refractivity contribution in [2.75, 3.05) is 6.54 Å². The van der Waals surface area contributed by atoms with Crippen molar-refractivity contribution in [1.29, 1.82) is 0 Å². The van der Waals surface area contributed by atoms with Gasteiger partial charge in [-0.25, -0.2) is 0 Å². The predicted molar refractivity (Wildman–Crippen MR) is 67.2 cm³/mol. The van der Waals surface area contributed by atoms with Crippen LogP contribution in [0.5, 0.6) is 0 Å². The lowest BCUT2D eigenvalue weighted by molar-refractivity contribution is 0.444. The van der Waals surface area contributed by atoms with Gasteiger partial charge in [0.05, 0.1) is 0 Å². The van der Waals surface area contributed by atoms with Gasteiger partial charge in [0, 0.05) is 18.4 Å². The number of aryl methyl sites for hydroxylation is 1. The smallest absolute Gasteiger partial charge is 0.234 e. The summed E-state index contributed by atoms with van der Waals surface area (Å²) >= 11 is 1.65. The molecule has 92 valence electrons. The molecule has 2 heterocycles. The molecule has 2 aromatic rings. The molecule has 1 aliphatic carbocycles. The molecule has 5 nitrogen and oxygen atoms in total. The van der Waals surface area contributed by atoms with Crippen LogP contribution in [0.15, 0.2) is 0 Å². The van der Waals surface area contributed by atoms with E-state index in [1.165, 1.54) is 12.8 Å². The zero-order valence-electron chi connectivity index (χ0n) is 10.0. The molecular formula is C11H17N5S. The van der Waals surface area contributed by atoms with Crippen molar-refractivity contribution in [3.05, 3.63) is 10.8 Å². The van der Waals surface area contributed by atoms with E-state index in [1.54, 1.807) is 11.3 Å². The number of hydrogen-bond donors (Lipinski definition) is 1. The third-order valence-corrected chi connectivity index (χ3v) is 4.92. The molecule has 0 saturated heterocycles. The van der Waals surface area contributed by atoms with Crippen molar-refractivity contribution in [2.45, 2.75) is 44.4 Å². The minimum Gasteiger partial charge on any atom is -0.329 e. The lowest BCUT2D eigenvalue weighted by Crippen LogP contribution is -2.32. The van der Waals surface area contributed by atoms with Crippen LogP contribution >= 0.6 is 11.3 Å². The molecule has 17 heavy (non-hydrogen) atoms. The van der Waals surface area contributed by atoms with E-state index in [-0.39, 0.29) is 5.41 Å². The van der Waals surface area contributed by atoms with Gasteiger partial charge < -0.3 is 5.73 Å². The van der Waals surface area contributed by atoms with Crippen LogP contribution in [0, 0.1) is 0 Å². The second-order valence-corrected chi connectivity index (χ2v) is 5.72. The highest BCUT2D eigenvalue weighted by molar-refractivity contribution is 7.16. The maximum absolute atomic E-state index is 5.98. The standard InChI is InChI=1S/C11H17N5S/c1-2-8-13-14-10-16(8)15-9(17-10)11(7-12)5-3-4-6-11/h2-7,12H2,1H3. The number of fused-ring (bicyclic) bond motifs is 1. The highest BCUT2D eigenvalue weighted by Crippen LogP contribution is 2.41. The van der Waals surface area contributed by atoms with E-state index in [0.29, 0.717) is 6.54 Å². The van der Waals surface area contributed by atoms with E-state index >= 15 is 0 Å². The Morgan fingerprint density at radius 3 is 2.76 bits per heavy atom. The summed E-state index contributed by atoms with van der Waals surface area (Å²) in [4.78, 5) is 0.900. The summed E-state index contributed by atoms with van der Waals surface area (Å²) in [7, 11) is 0. The van der Waals surface area contributed by atoms with Crippen LogP contribution in [0.25, 0.3) is 4.96 Å². The Hall–Kier alpha value is -1.01. The molecule has 1 saturated carbocycles. The first-order chi connectivity index (χ1) is 8.29. The average Bonchev–Trinajstić information content (AvgIpc) is 3.03. The summed E-state index contributed by atoms with van der Waals surface area (Å²) in [6.45, 7) is 2.77. The highest BCUT2D eigenvalue weighted by Gasteiger charge is 2.38. The van der Waals surface area contributed by atoms with Crippen molar-refractivity contribution in [3.8, 4) is 0 Å². The molecule has 0 spiro atoms. The summed E-state index contributed by atoms with van der Waals surface area (Å²) in [6, 6.07) is 0. The lowest BCUT2D eigenvalue weighted by atomic mass is 9.87. The molecule has 0 amide bonds. The molecule has 2 aromatic heterocycles. The van der Waals surface area contributed by atoms with E-state index in [0.717, 1.165) is 35.1 Å². The van der Waals surface area contributed by atoms with Crippen molar-refractivity contribution in [1.82, 2.24) is 19.8 Å². The third kappa shape index (κ3) is 1.58. The van der Waals surface area contributed by atoms with E-state index in [2.05, 4.69) is 17.1 Å². The zero-order valence-corrected chi connectivity index (χ0v) is 10.8. The van der Waals surface area contributed by atoms with Gasteiger partial charge in [-0.05, 0) is 12.8 Å². The van der Waals surface area contributed by atoms with Crippen LogP contribution in [-0.4, -0.2) is 26.4 Å². The Kier molecular flexibility index (Phi) is 2.63. The van der Waals surface area contributed by atoms with Crippen molar-refractivity contribution >= 4 is 16.3 Å². The number of hydrogen-bond acceptors (Lipinski definition) is 5. The van der Waals surface area contributed by atoms with Gasteiger partial charge in [-0.1, -0.05) is 31.1 Å². The topological polar surface area (TPSA) is 69.1 Å². The fourth-order valence-electron chi connectivity index (χ4n) is 2.65. The first-order valence-corrected chi connectivity index (χ1v) is 7.02. The Bertz CT molecular complexity index is 523. The SMILES string of the molecule is CCc1nnc2sc(C3(CN)CCCC3)nn12. The molecule has 0 radical (unpaired) electrons. The van der Waals surface area contributed by atoms with Crippen LogP contribution in [0.4, 0.5) is 0 Å². The van der Waals surface area contributed by atoms with Gasteiger partial charge in [-0.2, -0.15) is 9.61 Å². The zero-order chi connectivity index (χ0) is 11.9. The normalized spacial score (nSPS) is 19.2. The van der Waals surface area contributed by atoms with Crippen LogP contribution < -0.4 is 5.73 Å². The summed E-state index contributed by atoms with van der Waals surface area (Å²) in [5, 5.41) is 14.1. The molecule has 6 heteroatoms. The summed E-state index contributed by atoms with van der Waals surface area (Å²) < 4.78 is 1.88. The van der Waals surface area contributed by atoms with E-state index < -0.39 is 0 Å². The van der Waals surface area contributed by atoms with Gasteiger partial charge in [0.2, 0.25) is 4.96 Å². The number of nitrogens with two attached hydrogens (primary N) is 1. The largest absolute Gasteiger partial charge is 0.329 e. The first kappa shape index (κ1) is 11.1. The molecule has 1 aliphatic rings. The third-order valence-electron chi connectivity index (χ3n) is 3.78. The van der Waals surface area contributed by atoms with Crippen LogP contribution in [0.2, 0.25) is 0 Å². The monoisotopic (exact) mass is 251 g/mol. The van der Waals surface area contributed by atoms with Crippen LogP contribution in [0.1, 0.15) is 43.4 Å². The van der Waals surface area contributed by atoms with Gasteiger partial charge in [-0.3, -0.25) is 0 Å². The molecule has 1 fully saturated rings. The summed E-state index contributed by atoms with van der Waals surface area (Å²) in [5.41, 5.74) is 6.09. The lowest BCUT2D eigenvalue weighted by Gasteiger charge is -2.23. The number of nitrogens with zero attached hydrogens (tertiary/aromatic N) is 4. The van der Waals surface area contributed by atoms with Crippen LogP contribution in [0.3, 0.4) is 0 Å².